The van der Waals surface area contributed by atoms with E-state index in [-0.39, 0.29) is 0 Å². The molecule has 2 rings (SSSR count). The molecule has 0 aliphatic rings. The van der Waals surface area contributed by atoms with Crippen molar-refractivity contribution in [1.82, 2.24) is 9.97 Å². The highest BCUT2D eigenvalue weighted by molar-refractivity contribution is 9.10. The van der Waals surface area contributed by atoms with Crippen LogP contribution in [0, 0.1) is 0 Å². The predicted molar refractivity (Wildman–Crippen MR) is 70.0 cm³/mol. The van der Waals surface area contributed by atoms with Crippen molar-refractivity contribution in [2.45, 2.75) is 10.1 Å². The number of carbonyl (C=O) groups is 1. The van der Waals surface area contributed by atoms with Crippen molar-refractivity contribution in [3.63, 3.8) is 0 Å². The summed E-state index contributed by atoms with van der Waals surface area (Å²) in [6.45, 7) is 0. The summed E-state index contributed by atoms with van der Waals surface area (Å²) in [6, 6.07) is 7.49. The number of benzene rings is 1. The van der Waals surface area contributed by atoms with E-state index in [2.05, 4.69) is 31.2 Å². The number of rotatable bonds is 4. The Bertz CT molecular complexity index is 518. The van der Waals surface area contributed by atoms with Gasteiger partial charge in [-0.15, -0.1) is 0 Å². The number of halogens is 1. The Labute approximate surface area is 111 Å². The molecule has 0 fully saturated rings. The van der Waals surface area contributed by atoms with E-state index in [4.69, 9.17) is 0 Å². The lowest BCUT2D eigenvalue weighted by molar-refractivity contribution is -0.105. The van der Waals surface area contributed by atoms with Gasteiger partial charge in [0.25, 0.3) is 0 Å². The van der Waals surface area contributed by atoms with Crippen LogP contribution in [0.15, 0.2) is 51.2 Å². The maximum Gasteiger partial charge on any atom is 0.211 e. The van der Waals surface area contributed by atoms with E-state index in [9.17, 15) is 4.79 Å². The van der Waals surface area contributed by atoms with E-state index in [1.807, 2.05) is 24.3 Å². The van der Waals surface area contributed by atoms with Gasteiger partial charge in [0.1, 0.15) is 0 Å². The van der Waals surface area contributed by atoms with Gasteiger partial charge in [0, 0.05) is 17.3 Å². The molecule has 1 aromatic carbocycles. The number of aromatic nitrogens is 2. The Morgan fingerprint density at radius 3 is 2.65 bits per heavy atom. The fraction of sp³-hybridized carbons (Fsp3) is 0. The maximum absolute atomic E-state index is 10.5. The highest BCUT2D eigenvalue weighted by Gasteiger charge is 2.05. The molecule has 1 amide bonds. The second-order valence-electron chi connectivity index (χ2n) is 3.04. The Morgan fingerprint density at radius 2 is 1.94 bits per heavy atom. The average molecular weight is 310 g/mol. The lowest BCUT2D eigenvalue weighted by atomic mass is 10.3. The highest BCUT2D eigenvalue weighted by Crippen LogP contribution is 2.30. The van der Waals surface area contributed by atoms with E-state index in [0.717, 1.165) is 15.1 Å². The molecule has 2 aromatic rings. The molecule has 0 saturated heterocycles. The quantitative estimate of drug-likeness (QED) is 0.697. The number of nitrogens with zero attached hydrogens (tertiary/aromatic N) is 2. The molecule has 1 aromatic heterocycles. The molecule has 0 aliphatic carbocycles. The molecule has 6 heteroatoms. The minimum absolute atomic E-state index is 0.633. The van der Waals surface area contributed by atoms with E-state index in [0.29, 0.717) is 11.6 Å². The lowest BCUT2D eigenvalue weighted by Crippen LogP contribution is -1.95. The molecule has 0 atom stereocenters. The minimum Gasteiger partial charge on any atom is -0.328 e. The Balaban J connectivity index is 2.23. The number of nitrogens with one attached hydrogen (secondary N) is 1. The van der Waals surface area contributed by atoms with Gasteiger partial charge < -0.3 is 5.32 Å². The van der Waals surface area contributed by atoms with Crippen LogP contribution >= 0.6 is 27.7 Å². The summed E-state index contributed by atoms with van der Waals surface area (Å²) in [7, 11) is 0. The Kier molecular flexibility index (Phi) is 4.11. The zero-order chi connectivity index (χ0) is 12.1. The van der Waals surface area contributed by atoms with Crippen molar-refractivity contribution in [1.29, 1.82) is 0 Å². The van der Waals surface area contributed by atoms with E-state index in [1.54, 1.807) is 12.4 Å². The van der Waals surface area contributed by atoms with Gasteiger partial charge in [-0.2, -0.15) is 0 Å². The van der Waals surface area contributed by atoms with Crippen LogP contribution in [-0.2, 0) is 4.79 Å². The third kappa shape index (κ3) is 3.28. The predicted octanol–water partition coefficient (Wildman–Crippen LogP) is 2.96. The molecular formula is C11H8BrN3OS. The van der Waals surface area contributed by atoms with Gasteiger partial charge in [-0.05, 0) is 39.8 Å². The first-order chi connectivity index (χ1) is 8.29. The summed E-state index contributed by atoms with van der Waals surface area (Å²) in [6.07, 6.45) is 4.03. The number of anilines is 1. The molecule has 1 N–H and O–H groups in total. The lowest BCUT2D eigenvalue weighted by Gasteiger charge is -2.06. The normalized spacial score (nSPS) is 9.94. The average Bonchev–Trinajstić information content (AvgIpc) is 2.35. The van der Waals surface area contributed by atoms with Gasteiger partial charge in [-0.25, -0.2) is 9.97 Å². The minimum atomic E-state index is 0.633. The summed E-state index contributed by atoms with van der Waals surface area (Å²) >= 11 is 4.68. The number of amides is 1. The molecule has 1 heterocycles. The fourth-order valence-corrected chi connectivity index (χ4v) is 2.19. The first-order valence-electron chi connectivity index (χ1n) is 4.74. The zero-order valence-corrected chi connectivity index (χ0v) is 11.0. The third-order valence-corrected chi connectivity index (χ3v) is 3.28. The first kappa shape index (κ1) is 12.1. The van der Waals surface area contributed by atoms with Crippen LogP contribution in [0.5, 0.6) is 0 Å². The molecule has 0 aliphatic heterocycles. The van der Waals surface area contributed by atoms with Crippen molar-refractivity contribution < 1.29 is 4.79 Å². The van der Waals surface area contributed by atoms with E-state index < -0.39 is 0 Å². The molecule has 4 nitrogen and oxygen atoms in total. The molecular weight excluding hydrogens is 302 g/mol. The third-order valence-electron chi connectivity index (χ3n) is 1.90. The van der Waals surface area contributed by atoms with Gasteiger partial charge in [-0.3, -0.25) is 4.79 Å². The summed E-state index contributed by atoms with van der Waals surface area (Å²) in [5, 5.41) is 3.27. The number of para-hydroxylation sites is 1. The van der Waals surface area contributed by atoms with Gasteiger partial charge in [0.05, 0.1) is 10.2 Å². The van der Waals surface area contributed by atoms with E-state index >= 15 is 0 Å². The zero-order valence-electron chi connectivity index (χ0n) is 8.63. The monoisotopic (exact) mass is 309 g/mol. The Morgan fingerprint density at radius 1 is 1.24 bits per heavy atom. The van der Waals surface area contributed by atoms with Crippen LogP contribution in [0.4, 0.5) is 5.69 Å². The van der Waals surface area contributed by atoms with Crippen LogP contribution in [0.3, 0.4) is 0 Å². The van der Waals surface area contributed by atoms with Gasteiger partial charge in [0.2, 0.25) is 6.41 Å². The largest absolute Gasteiger partial charge is 0.328 e. The van der Waals surface area contributed by atoms with Gasteiger partial charge >= 0.3 is 0 Å². The van der Waals surface area contributed by atoms with Gasteiger partial charge in [-0.1, -0.05) is 12.1 Å². The van der Waals surface area contributed by atoms with Crippen molar-refractivity contribution >= 4 is 39.8 Å². The van der Waals surface area contributed by atoms with E-state index in [1.165, 1.54) is 11.8 Å². The van der Waals surface area contributed by atoms with Crippen LogP contribution in [0.2, 0.25) is 0 Å². The molecule has 86 valence electrons. The standard InChI is InChI=1S/C11H8BrN3OS/c12-8-5-13-11(14-6-8)17-10-4-2-1-3-9(10)15-7-16/h1-7H,(H,15,16). The van der Waals surface area contributed by atoms with Crippen molar-refractivity contribution in [2.75, 3.05) is 5.32 Å². The maximum atomic E-state index is 10.5. The molecule has 0 radical (unpaired) electrons. The Hall–Kier alpha value is -1.40. The fourth-order valence-electron chi connectivity index (χ4n) is 1.19. The number of carbonyl (C=O) groups excluding carboxylic acids is 1. The van der Waals surface area contributed by atoms with Crippen LogP contribution < -0.4 is 5.32 Å². The molecule has 17 heavy (non-hydrogen) atoms. The summed E-state index contributed by atoms with van der Waals surface area (Å²) in [5.41, 5.74) is 0.749. The molecule has 0 unspecified atom stereocenters. The van der Waals surface area contributed by atoms with Crippen molar-refractivity contribution in [2.24, 2.45) is 0 Å². The summed E-state index contributed by atoms with van der Waals surface area (Å²) < 4.78 is 0.834. The number of hydrogen-bond donors (Lipinski definition) is 1. The SMILES string of the molecule is O=CNc1ccccc1Sc1ncc(Br)cn1. The highest BCUT2D eigenvalue weighted by atomic mass is 79.9. The van der Waals surface area contributed by atoms with Crippen LogP contribution in [0.25, 0.3) is 0 Å². The van der Waals surface area contributed by atoms with Crippen molar-refractivity contribution in [3.8, 4) is 0 Å². The second kappa shape index (κ2) is 5.79. The number of hydrogen-bond acceptors (Lipinski definition) is 4. The van der Waals surface area contributed by atoms with Gasteiger partial charge in [0.15, 0.2) is 5.16 Å². The summed E-state index contributed by atoms with van der Waals surface area (Å²) in [5.74, 6) is 0. The molecule has 0 bridgehead atoms. The summed E-state index contributed by atoms with van der Waals surface area (Å²) in [4.78, 5) is 19.7. The first-order valence-corrected chi connectivity index (χ1v) is 6.35. The van der Waals surface area contributed by atoms with Crippen LogP contribution in [0.1, 0.15) is 0 Å². The van der Waals surface area contributed by atoms with Crippen molar-refractivity contribution in [3.05, 3.63) is 41.1 Å². The second-order valence-corrected chi connectivity index (χ2v) is 4.97. The topological polar surface area (TPSA) is 54.9 Å². The molecule has 0 saturated carbocycles. The smallest absolute Gasteiger partial charge is 0.211 e. The molecule has 0 spiro atoms. The van der Waals surface area contributed by atoms with Crippen LogP contribution in [-0.4, -0.2) is 16.4 Å².